The fraction of sp³-hybridized carbons (Fsp3) is 0.229. The zero-order valence-corrected chi connectivity index (χ0v) is 43.5. The zero-order valence-electron chi connectivity index (χ0n) is 43.5. The van der Waals surface area contributed by atoms with Gasteiger partial charge in [-0.05, 0) is 161 Å². The van der Waals surface area contributed by atoms with Crippen LogP contribution in [-0.4, -0.2) is 0 Å². The van der Waals surface area contributed by atoms with Gasteiger partial charge >= 0.3 is 0 Å². The molecule has 0 aromatic heterocycles. The van der Waals surface area contributed by atoms with Crippen LogP contribution < -0.4 is 0 Å². The minimum atomic E-state index is -0.131. The summed E-state index contributed by atoms with van der Waals surface area (Å²) in [5.41, 5.74) is 20.0. The largest absolute Gasteiger partial charge is 0.0622 e. The van der Waals surface area contributed by atoms with Gasteiger partial charge in [-0.1, -0.05) is 259 Å². The van der Waals surface area contributed by atoms with Crippen LogP contribution in [0.3, 0.4) is 0 Å². The molecule has 0 radical (unpaired) electrons. The molecule has 0 saturated heterocycles. The maximum atomic E-state index is 2.55. The molecular weight excluding hydrogens is 841 g/mol. The van der Waals surface area contributed by atoms with Gasteiger partial charge in [0.1, 0.15) is 0 Å². The second-order valence-corrected chi connectivity index (χ2v) is 23.8. The van der Waals surface area contributed by atoms with Gasteiger partial charge in [0.05, 0.1) is 0 Å². The van der Waals surface area contributed by atoms with E-state index in [2.05, 4.69) is 277 Å². The molecule has 0 fully saturated rings. The van der Waals surface area contributed by atoms with E-state index in [4.69, 9.17) is 0 Å². The molecule has 0 amide bonds. The Kier molecular flexibility index (Phi) is 11.6. The lowest BCUT2D eigenvalue weighted by Crippen LogP contribution is -2.12. The Morgan fingerprint density at radius 1 is 0.229 bits per heavy atom. The Hall–Kier alpha value is -7.02. The maximum Gasteiger partial charge on any atom is -0.000764 e. The monoisotopic (exact) mass is 909 g/mol. The minimum Gasteiger partial charge on any atom is -0.0622 e. The Morgan fingerprint density at radius 3 is 1.01 bits per heavy atom. The Morgan fingerprint density at radius 2 is 0.571 bits per heavy atom. The first-order valence-electron chi connectivity index (χ1n) is 25.3. The summed E-state index contributed by atoms with van der Waals surface area (Å²) < 4.78 is 0. The van der Waals surface area contributed by atoms with Gasteiger partial charge in [0, 0.05) is 0 Å². The highest BCUT2D eigenvalue weighted by Gasteiger charge is 2.28. The van der Waals surface area contributed by atoms with Gasteiger partial charge in [-0.15, -0.1) is 0 Å². The van der Waals surface area contributed by atoms with Crippen LogP contribution in [0.2, 0.25) is 0 Å². The molecule has 10 rings (SSSR count). The van der Waals surface area contributed by atoms with Gasteiger partial charge in [-0.3, -0.25) is 0 Å². The van der Waals surface area contributed by atoms with E-state index in [9.17, 15) is 0 Å². The van der Waals surface area contributed by atoms with E-state index < -0.39 is 0 Å². The number of rotatable bonds is 6. The van der Waals surface area contributed by atoms with Crippen molar-refractivity contribution in [3.63, 3.8) is 0 Å². The third kappa shape index (κ3) is 8.79. The number of hydrogen-bond donors (Lipinski definition) is 0. The normalized spacial score (nSPS) is 12.6. The molecule has 0 atom stereocenters. The third-order valence-electron chi connectivity index (χ3n) is 14.7. The molecule has 0 bridgehead atoms. The lowest BCUT2D eigenvalue weighted by Gasteiger charge is -2.28. The first-order valence-corrected chi connectivity index (χ1v) is 25.3. The average Bonchev–Trinajstić information content (AvgIpc) is 3.34. The smallest absolute Gasteiger partial charge is 0.000764 e. The van der Waals surface area contributed by atoms with Gasteiger partial charge in [-0.2, -0.15) is 0 Å². The van der Waals surface area contributed by atoms with Crippen molar-refractivity contribution < 1.29 is 0 Å². The molecule has 0 saturated carbocycles. The van der Waals surface area contributed by atoms with E-state index in [1.165, 1.54) is 121 Å². The summed E-state index contributed by atoms with van der Waals surface area (Å²) >= 11 is 0. The summed E-state index contributed by atoms with van der Waals surface area (Å²) in [6.45, 7) is 27.9. The van der Waals surface area contributed by atoms with E-state index in [-0.39, 0.29) is 21.7 Å². The highest BCUT2D eigenvalue weighted by atomic mass is 14.3. The zero-order chi connectivity index (χ0) is 49.3. The second-order valence-electron chi connectivity index (χ2n) is 23.8. The van der Waals surface area contributed by atoms with Gasteiger partial charge in [0.2, 0.25) is 0 Å². The maximum absolute atomic E-state index is 2.55. The molecule has 0 unspecified atom stereocenters. The summed E-state index contributed by atoms with van der Waals surface area (Å²) in [6.07, 6.45) is 0. The molecule has 10 aromatic rings. The number of fused-ring (bicyclic) bond motifs is 3. The highest BCUT2D eigenvalue weighted by molar-refractivity contribution is 6.31. The summed E-state index contributed by atoms with van der Waals surface area (Å²) in [5.74, 6) is 0. The van der Waals surface area contributed by atoms with Crippen LogP contribution in [0, 0.1) is 0 Å². The number of hydrogen-bond acceptors (Lipinski definition) is 0. The molecule has 0 heterocycles. The van der Waals surface area contributed by atoms with Gasteiger partial charge < -0.3 is 0 Å². The molecule has 10 aromatic carbocycles. The van der Waals surface area contributed by atoms with Crippen LogP contribution in [0.25, 0.3) is 99.1 Å². The van der Waals surface area contributed by atoms with Gasteiger partial charge in [0.15, 0.2) is 0 Å². The second kappa shape index (κ2) is 17.4. The third-order valence-corrected chi connectivity index (χ3v) is 14.7. The lowest BCUT2D eigenvalue weighted by molar-refractivity contribution is 0.590. The van der Waals surface area contributed by atoms with Gasteiger partial charge in [-0.25, -0.2) is 0 Å². The van der Waals surface area contributed by atoms with Gasteiger partial charge in [0.25, 0.3) is 0 Å². The quantitative estimate of drug-likeness (QED) is 0.146. The minimum absolute atomic E-state index is 0.0206. The van der Waals surface area contributed by atoms with Crippen LogP contribution in [-0.2, 0) is 21.7 Å². The summed E-state index contributed by atoms with van der Waals surface area (Å²) in [5, 5.41) is 7.60. The topological polar surface area (TPSA) is 0 Å². The molecule has 0 spiro atoms. The van der Waals surface area contributed by atoms with Crippen LogP contribution >= 0.6 is 0 Å². The van der Waals surface area contributed by atoms with Crippen LogP contribution in [0.15, 0.2) is 194 Å². The first kappa shape index (κ1) is 46.7. The fourth-order valence-corrected chi connectivity index (χ4v) is 10.5. The van der Waals surface area contributed by atoms with Crippen molar-refractivity contribution >= 4 is 32.3 Å². The van der Waals surface area contributed by atoms with Crippen molar-refractivity contribution in [3.05, 3.63) is 216 Å². The van der Waals surface area contributed by atoms with E-state index in [1.807, 2.05) is 0 Å². The molecule has 0 N–H and O–H groups in total. The Labute approximate surface area is 418 Å². The van der Waals surface area contributed by atoms with Crippen molar-refractivity contribution in [2.45, 2.75) is 105 Å². The SMILES string of the molecule is CC(C)(C)c1ccc(-c2cc(C(C)(C)C)cc3c(-c4ccc(-c5ccccc5)cc4)c4c(-c5ccc(C(C)(C)C)cc5)c5ccc(C(C)(C)C)cc5cc4c(-c4ccc(-c5ccccc5)cc4)c23)cc1. The molecule has 0 aliphatic heterocycles. The number of benzene rings is 10. The molecule has 70 heavy (non-hydrogen) atoms. The molecular formula is C70H68. The Balaban J connectivity index is 1.45. The predicted octanol–water partition coefficient (Wildman–Crippen LogP) is 20.3. The van der Waals surface area contributed by atoms with Crippen LogP contribution in [0.1, 0.15) is 105 Å². The summed E-state index contributed by atoms with van der Waals surface area (Å²) in [7, 11) is 0. The molecule has 0 aliphatic rings. The van der Waals surface area contributed by atoms with Crippen molar-refractivity contribution in [2.75, 3.05) is 0 Å². The average molecular weight is 909 g/mol. The predicted molar refractivity (Wildman–Crippen MR) is 306 cm³/mol. The van der Waals surface area contributed by atoms with E-state index >= 15 is 0 Å². The summed E-state index contributed by atoms with van der Waals surface area (Å²) in [6, 6.07) is 74.2. The Bertz CT molecular complexity index is 3520. The lowest BCUT2D eigenvalue weighted by atomic mass is 9.75. The molecule has 0 aliphatic carbocycles. The highest BCUT2D eigenvalue weighted by Crippen LogP contribution is 2.53. The summed E-state index contributed by atoms with van der Waals surface area (Å²) in [4.78, 5) is 0. The molecule has 0 nitrogen and oxygen atoms in total. The van der Waals surface area contributed by atoms with Crippen molar-refractivity contribution in [1.82, 2.24) is 0 Å². The van der Waals surface area contributed by atoms with Crippen molar-refractivity contribution in [3.8, 4) is 66.8 Å². The van der Waals surface area contributed by atoms with Crippen molar-refractivity contribution in [1.29, 1.82) is 0 Å². The van der Waals surface area contributed by atoms with Crippen LogP contribution in [0.5, 0.6) is 0 Å². The van der Waals surface area contributed by atoms with E-state index in [0.717, 1.165) is 0 Å². The van der Waals surface area contributed by atoms with E-state index in [1.54, 1.807) is 0 Å². The standard InChI is InChI=1S/C70H68/c1-67(2,3)54-35-31-49(32-36-54)59-43-57(70(10,11)12)44-61-64(51-29-25-48(26-30-51)46-21-17-14-18-22-46)66-60(63(65(59)61)50-27-23-47(24-28-50)45-19-15-13-16-20-45)42-53-41-56(69(7,8)9)39-40-58(53)62(66)52-33-37-55(38-34-52)68(4,5)6/h13-44H,1-12H3. The molecule has 0 heteroatoms. The van der Waals surface area contributed by atoms with Crippen molar-refractivity contribution in [2.24, 2.45) is 0 Å². The van der Waals surface area contributed by atoms with Crippen LogP contribution in [0.4, 0.5) is 0 Å². The first-order chi connectivity index (χ1) is 33.2. The van der Waals surface area contributed by atoms with E-state index in [0.29, 0.717) is 0 Å². The fourth-order valence-electron chi connectivity index (χ4n) is 10.5. The molecule has 348 valence electrons.